The molecule has 0 saturated heterocycles. The predicted octanol–water partition coefficient (Wildman–Crippen LogP) is 0.777. The lowest BCUT2D eigenvalue weighted by Gasteiger charge is -2.15. The van der Waals surface area contributed by atoms with Gasteiger partial charge in [0.1, 0.15) is 0 Å². The molecule has 0 unspecified atom stereocenters. The molecule has 4 rings (SSSR count). The number of quaternary nitrogens is 1. The average molecular weight is 347 g/mol. The number of nitriles is 1. The molecular formula is C18H15N6O2+. The van der Waals surface area contributed by atoms with Crippen LogP contribution in [0.15, 0.2) is 46.4 Å². The number of nitrogens with zero attached hydrogens (tertiary/aromatic N) is 3. The fourth-order valence-electron chi connectivity index (χ4n) is 2.90. The molecular weight excluding hydrogens is 332 g/mol. The van der Waals surface area contributed by atoms with Gasteiger partial charge in [0.25, 0.3) is 0 Å². The number of hydrogen-bond donors (Lipinski definition) is 3. The highest BCUT2D eigenvalue weighted by Crippen LogP contribution is 2.32. The number of ether oxygens (including phenoxy) is 2. The highest BCUT2D eigenvalue weighted by Gasteiger charge is 2.24. The van der Waals surface area contributed by atoms with E-state index in [2.05, 4.69) is 16.1 Å². The molecule has 2 aromatic carbocycles. The zero-order valence-corrected chi connectivity index (χ0v) is 13.7. The third-order valence-corrected chi connectivity index (χ3v) is 4.03. The zero-order chi connectivity index (χ0) is 18.1. The molecule has 0 aromatic heterocycles. The second kappa shape index (κ2) is 6.31. The Bertz CT molecular complexity index is 1020. The van der Waals surface area contributed by atoms with Gasteiger partial charge in [0, 0.05) is 0 Å². The van der Waals surface area contributed by atoms with Crippen molar-refractivity contribution in [1.82, 2.24) is 0 Å². The molecule has 128 valence electrons. The number of hydrogen-bond acceptors (Lipinski definition) is 5. The summed E-state index contributed by atoms with van der Waals surface area (Å²) in [5.41, 5.74) is 8.36. The maximum absolute atomic E-state index is 9.11. The van der Waals surface area contributed by atoms with Gasteiger partial charge in [-0.05, 0) is 35.9 Å². The van der Waals surface area contributed by atoms with Gasteiger partial charge in [-0.25, -0.2) is 0 Å². The highest BCUT2D eigenvalue weighted by molar-refractivity contribution is 6.08. The smallest absolute Gasteiger partial charge is 0.243 e. The number of benzene rings is 2. The van der Waals surface area contributed by atoms with Crippen LogP contribution in [0.25, 0.3) is 0 Å². The summed E-state index contributed by atoms with van der Waals surface area (Å²) in [6.07, 6.45) is 0.563. The Balaban J connectivity index is 1.69. The van der Waals surface area contributed by atoms with E-state index >= 15 is 0 Å². The molecule has 5 N–H and O–H groups in total. The fourth-order valence-corrected chi connectivity index (χ4v) is 2.90. The maximum atomic E-state index is 9.11. The van der Waals surface area contributed by atoms with E-state index in [9.17, 15) is 0 Å². The first-order chi connectivity index (χ1) is 12.6. The molecule has 2 aliphatic heterocycles. The second-order valence-electron chi connectivity index (χ2n) is 5.84. The van der Waals surface area contributed by atoms with Gasteiger partial charge in [-0.3, -0.25) is 10.7 Å². The molecule has 2 heterocycles. The van der Waals surface area contributed by atoms with E-state index in [1.165, 1.54) is 0 Å². The van der Waals surface area contributed by atoms with Crippen molar-refractivity contribution in [3.63, 3.8) is 0 Å². The summed E-state index contributed by atoms with van der Waals surface area (Å²) in [5, 5.41) is 18.4. The molecule has 26 heavy (non-hydrogen) atoms. The molecule has 0 aliphatic carbocycles. The minimum atomic E-state index is -0.297. The summed E-state index contributed by atoms with van der Waals surface area (Å²) >= 11 is 0. The van der Waals surface area contributed by atoms with E-state index in [0.29, 0.717) is 29.1 Å². The van der Waals surface area contributed by atoms with E-state index < -0.39 is 0 Å². The van der Waals surface area contributed by atoms with Crippen molar-refractivity contribution in [3.05, 3.63) is 53.1 Å². The molecule has 0 fully saturated rings. The van der Waals surface area contributed by atoms with Crippen LogP contribution in [0.3, 0.4) is 0 Å². The summed E-state index contributed by atoms with van der Waals surface area (Å²) in [6.45, 7) is 0.232. The molecule has 0 radical (unpaired) electrons. The summed E-state index contributed by atoms with van der Waals surface area (Å²) in [4.78, 5) is 8.74. The van der Waals surface area contributed by atoms with Gasteiger partial charge in [0.05, 0.1) is 29.3 Å². The van der Waals surface area contributed by atoms with Gasteiger partial charge in [0.2, 0.25) is 24.4 Å². The van der Waals surface area contributed by atoms with Crippen LogP contribution in [-0.4, -0.2) is 24.4 Å². The third kappa shape index (κ3) is 2.99. The van der Waals surface area contributed by atoms with Crippen LogP contribution in [-0.2, 0) is 6.42 Å². The maximum Gasteiger partial charge on any atom is 0.243 e. The Morgan fingerprint density at radius 1 is 1.27 bits per heavy atom. The zero-order valence-electron chi connectivity index (χ0n) is 13.7. The molecule has 2 aromatic rings. The number of nitrogens with one attached hydrogen (secondary N) is 1. The Kier molecular flexibility index (Phi) is 3.84. The summed E-state index contributed by atoms with van der Waals surface area (Å²) < 4.78 is 10.7. The standard InChI is InChI=1S/C18H14N6O2/c19-8-11-1-3-13-12(5-11)17(24-18(20)21)23-16(22-13)7-10-2-4-14-15(6-10)26-9-25-14/h1-6H,7,9H2,(H4,20,21,22,23,24)/p+1. The average Bonchev–Trinajstić information content (AvgIpc) is 3.09. The highest BCUT2D eigenvalue weighted by atomic mass is 16.7. The molecule has 0 bridgehead atoms. The Morgan fingerprint density at radius 3 is 2.92 bits per heavy atom. The number of guanidine groups is 1. The molecule has 0 amide bonds. The quantitative estimate of drug-likeness (QED) is 0.546. The first-order valence-electron chi connectivity index (χ1n) is 7.90. The van der Waals surface area contributed by atoms with Crippen LogP contribution in [0.1, 0.15) is 16.7 Å². The number of amidine groups is 2. The number of fused-ring (bicyclic) bond motifs is 2. The van der Waals surface area contributed by atoms with Gasteiger partial charge in [0.15, 0.2) is 11.5 Å². The number of rotatable bonds is 2. The lowest BCUT2D eigenvalue weighted by atomic mass is 10.0. The number of nitrogens with two attached hydrogens (primary N) is 2. The van der Waals surface area contributed by atoms with Crippen molar-refractivity contribution in [2.75, 3.05) is 6.79 Å². The van der Waals surface area contributed by atoms with E-state index in [4.69, 9.17) is 25.9 Å². The van der Waals surface area contributed by atoms with Gasteiger partial charge in [-0.2, -0.15) is 15.2 Å². The fraction of sp³-hybridized carbons (Fsp3) is 0.111. The van der Waals surface area contributed by atoms with Gasteiger partial charge < -0.3 is 15.2 Å². The van der Waals surface area contributed by atoms with Crippen LogP contribution in [0.5, 0.6) is 11.5 Å². The normalized spacial score (nSPS) is 16.0. The Hall–Kier alpha value is -3.70. The van der Waals surface area contributed by atoms with Crippen LogP contribution in [0.2, 0.25) is 0 Å². The lowest BCUT2D eigenvalue weighted by Crippen LogP contribution is -2.93. The lowest BCUT2D eigenvalue weighted by molar-refractivity contribution is -0.410. The first-order valence-corrected chi connectivity index (χ1v) is 7.90. The first kappa shape index (κ1) is 15.8. The van der Waals surface area contributed by atoms with E-state index in [1.54, 1.807) is 23.5 Å². The van der Waals surface area contributed by atoms with Crippen molar-refractivity contribution in [1.29, 1.82) is 10.7 Å². The molecule has 0 spiro atoms. The minimum Gasteiger partial charge on any atom is -0.454 e. The third-order valence-electron chi connectivity index (χ3n) is 4.03. The topological polar surface area (TPSA) is 133 Å². The summed E-state index contributed by atoms with van der Waals surface area (Å²) in [6, 6.07) is 13.0. The van der Waals surface area contributed by atoms with Crippen molar-refractivity contribution >= 4 is 23.3 Å². The van der Waals surface area contributed by atoms with E-state index in [-0.39, 0.29) is 12.8 Å². The van der Waals surface area contributed by atoms with Crippen LogP contribution < -0.4 is 20.5 Å². The Labute approximate surface area is 149 Å². The minimum absolute atomic E-state index is 0.232. The van der Waals surface area contributed by atoms with E-state index in [1.807, 2.05) is 18.2 Å². The molecule has 0 saturated carbocycles. The second-order valence-corrected chi connectivity index (χ2v) is 5.84. The SMILES string of the molecule is N#Cc1ccc2c(c1)C(=NC(=N)N)[NH2+]C(Cc1ccc3c(c1)OCO3)=N2. The van der Waals surface area contributed by atoms with Gasteiger partial charge >= 0.3 is 0 Å². The van der Waals surface area contributed by atoms with Crippen molar-refractivity contribution < 1.29 is 14.8 Å². The van der Waals surface area contributed by atoms with Crippen LogP contribution in [0, 0.1) is 16.7 Å². The number of aliphatic imine (C=N–C) groups is 2. The van der Waals surface area contributed by atoms with E-state index in [0.717, 1.165) is 22.9 Å². The van der Waals surface area contributed by atoms with Crippen molar-refractivity contribution in [3.8, 4) is 17.6 Å². The predicted molar refractivity (Wildman–Crippen MR) is 94.9 cm³/mol. The largest absolute Gasteiger partial charge is 0.454 e. The van der Waals surface area contributed by atoms with Crippen LogP contribution in [0.4, 0.5) is 5.69 Å². The van der Waals surface area contributed by atoms with Crippen LogP contribution >= 0.6 is 0 Å². The molecule has 2 aliphatic rings. The van der Waals surface area contributed by atoms with Crippen molar-refractivity contribution in [2.45, 2.75) is 6.42 Å². The van der Waals surface area contributed by atoms with Crippen molar-refractivity contribution in [2.24, 2.45) is 15.7 Å². The molecule has 8 heteroatoms. The molecule has 8 nitrogen and oxygen atoms in total. The van der Waals surface area contributed by atoms with Gasteiger partial charge in [-0.1, -0.05) is 6.07 Å². The van der Waals surface area contributed by atoms with Gasteiger partial charge in [-0.15, -0.1) is 0 Å². The summed E-state index contributed by atoms with van der Waals surface area (Å²) in [5.74, 6) is 2.46. The monoisotopic (exact) mass is 347 g/mol. The molecule has 0 atom stereocenters. The Morgan fingerprint density at radius 2 is 2.12 bits per heavy atom. The summed E-state index contributed by atoms with van der Waals surface area (Å²) in [7, 11) is 0.